The third-order valence-electron chi connectivity index (χ3n) is 3.53. The van der Waals surface area contributed by atoms with Crippen LogP contribution in [0.4, 0.5) is 0 Å². The molecule has 0 N–H and O–H groups in total. The molecular weight excluding hydrogens is 372 g/mol. The number of aryl methyl sites for hydroxylation is 2. The Labute approximate surface area is 147 Å². The predicted molar refractivity (Wildman–Crippen MR) is 93.1 cm³/mol. The summed E-state index contributed by atoms with van der Waals surface area (Å²) >= 11 is 3.46. The Balaban J connectivity index is 1.77. The molecule has 0 saturated heterocycles. The molecule has 5 nitrogen and oxygen atoms in total. The highest BCUT2D eigenvalue weighted by atomic mass is 79.9. The number of carbonyl (C=O) groups is 1. The number of aldehydes is 1. The normalized spacial score (nSPS) is 10.6. The number of hydrogen-bond donors (Lipinski definition) is 0. The summed E-state index contributed by atoms with van der Waals surface area (Å²) in [6.07, 6.45) is 0.825. The second-order valence-corrected chi connectivity index (χ2v) is 6.23. The molecule has 3 rings (SSSR count). The summed E-state index contributed by atoms with van der Waals surface area (Å²) in [6, 6.07) is 11.2. The molecule has 0 fully saturated rings. The van der Waals surface area contributed by atoms with Gasteiger partial charge in [-0.3, -0.25) is 4.79 Å². The van der Waals surface area contributed by atoms with E-state index in [2.05, 4.69) is 26.1 Å². The molecule has 0 spiro atoms. The molecule has 0 saturated carbocycles. The molecule has 3 aromatic rings. The maximum Gasteiger partial charge on any atom is 0.254 e. The molecule has 0 bridgehead atoms. The smallest absolute Gasteiger partial charge is 0.254 e. The minimum absolute atomic E-state index is 0.166. The van der Waals surface area contributed by atoms with Crippen LogP contribution >= 0.6 is 15.9 Å². The minimum atomic E-state index is 0.166. The van der Waals surface area contributed by atoms with Crippen molar-refractivity contribution in [2.75, 3.05) is 0 Å². The summed E-state index contributed by atoms with van der Waals surface area (Å²) in [5.41, 5.74) is 3.25. The number of ether oxygens (including phenoxy) is 1. The summed E-state index contributed by atoms with van der Waals surface area (Å²) in [5.74, 6) is 1.55. The van der Waals surface area contributed by atoms with Crippen LogP contribution in [0, 0.1) is 13.8 Å². The first kappa shape index (κ1) is 16.4. The molecule has 122 valence electrons. The van der Waals surface area contributed by atoms with E-state index in [-0.39, 0.29) is 6.61 Å². The molecule has 0 amide bonds. The number of halogens is 1. The topological polar surface area (TPSA) is 65.2 Å². The highest BCUT2D eigenvalue weighted by Gasteiger charge is 2.13. The Morgan fingerprint density at radius 3 is 2.54 bits per heavy atom. The minimum Gasteiger partial charge on any atom is -0.483 e. The van der Waals surface area contributed by atoms with Gasteiger partial charge < -0.3 is 9.15 Å². The van der Waals surface area contributed by atoms with Crippen LogP contribution in [-0.4, -0.2) is 16.5 Å². The van der Waals surface area contributed by atoms with E-state index in [1.165, 1.54) is 0 Å². The highest BCUT2D eigenvalue weighted by molar-refractivity contribution is 9.10. The van der Waals surface area contributed by atoms with Gasteiger partial charge in [-0.25, -0.2) is 0 Å². The van der Waals surface area contributed by atoms with Crippen molar-refractivity contribution >= 4 is 22.2 Å². The zero-order valence-electron chi connectivity index (χ0n) is 13.2. The third-order valence-corrected chi connectivity index (χ3v) is 4.22. The van der Waals surface area contributed by atoms with Crippen LogP contribution in [-0.2, 0) is 6.61 Å². The Bertz CT molecular complexity index is 866. The molecule has 0 aliphatic carbocycles. The van der Waals surface area contributed by atoms with Gasteiger partial charge in [0.25, 0.3) is 5.89 Å². The molecule has 24 heavy (non-hydrogen) atoms. The fourth-order valence-electron chi connectivity index (χ4n) is 2.47. The molecule has 6 heteroatoms. The van der Waals surface area contributed by atoms with Crippen molar-refractivity contribution in [3.8, 4) is 17.2 Å². The van der Waals surface area contributed by atoms with Crippen molar-refractivity contribution in [2.45, 2.75) is 20.5 Å². The maximum atomic E-state index is 10.9. The Morgan fingerprint density at radius 1 is 1.17 bits per heavy atom. The van der Waals surface area contributed by atoms with Crippen LogP contribution in [0.5, 0.6) is 5.75 Å². The quantitative estimate of drug-likeness (QED) is 0.603. The molecule has 2 aromatic carbocycles. The standard InChI is InChI=1S/C18H15BrN2O3/c1-11-7-13(9-22)8-12(2)17(11)23-10-16-20-21-18(24-16)14-5-3-4-6-15(14)19/h3-9H,10H2,1-2H3. The summed E-state index contributed by atoms with van der Waals surface area (Å²) in [4.78, 5) is 10.9. The van der Waals surface area contributed by atoms with Crippen LogP contribution in [0.3, 0.4) is 0 Å². The number of rotatable bonds is 5. The van der Waals surface area contributed by atoms with Crippen LogP contribution < -0.4 is 4.74 Å². The van der Waals surface area contributed by atoms with Gasteiger partial charge in [0.2, 0.25) is 5.89 Å². The van der Waals surface area contributed by atoms with Gasteiger partial charge in [0.05, 0.1) is 5.56 Å². The maximum absolute atomic E-state index is 10.9. The third kappa shape index (κ3) is 3.38. The van der Waals surface area contributed by atoms with Crippen LogP contribution in [0.15, 0.2) is 45.3 Å². The van der Waals surface area contributed by atoms with Crippen molar-refractivity contribution in [2.24, 2.45) is 0 Å². The second kappa shape index (κ2) is 6.97. The van der Waals surface area contributed by atoms with E-state index in [9.17, 15) is 4.79 Å². The molecule has 0 aliphatic rings. The number of aromatic nitrogens is 2. The number of nitrogens with zero attached hydrogens (tertiary/aromatic N) is 2. The van der Waals surface area contributed by atoms with Gasteiger partial charge in [-0.05, 0) is 65.2 Å². The lowest BCUT2D eigenvalue weighted by molar-refractivity contribution is 0.112. The average molecular weight is 387 g/mol. The predicted octanol–water partition coefficient (Wildman–Crippen LogP) is 4.51. The Morgan fingerprint density at radius 2 is 1.88 bits per heavy atom. The first-order valence-electron chi connectivity index (χ1n) is 7.35. The zero-order chi connectivity index (χ0) is 17.1. The first-order valence-corrected chi connectivity index (χ1v) is 8.14. The monoisotopic (exact) mass is 386 g/mol. The van der Waals surface area contributed by atoms with E-state index in [0.29, 0.717) is 17.3 Å². The Kier molecular flexibility index (Phi) is 4.76. The van der Waals surface area contributed by atoms with Crippen LogP contribution in [0.25, 0.3) is 11.5 Å². The lowest BCUT2D eigenvalue weighted by Crippen LogP contribution is -2.00. The van der Waals surface area contributed by atoms with E-state index in [1.807, 2.05) is 38.1 Å². The zero-order valence-corrected chi connectivity index (χ0v) is 14.8. The molecular formula is C18H15BrN2O3. The van der Waals surface area contributed by atoms with Gasteiger partial charge in [-0.1, -0.05) is 12.1 Å². The Hall–Kier alpha value is -2.47. The highest BCUT2D eigenvalue weighted by Crippen LogP contribution is 2.28. The molecule has 0 atom stereocenters. The van der Waals surface area contributed by atoms with Crippen molar-refractivity contribution in [1.82, 2.24) is 10.2 Å². The van der Waals surface area contributed by atoms with Gasteiger partial charge >= 0.3 is 0 Å². The average Bonchev–Trinajstić information content (AvgIpc) is 3.03. The van der Waals surface area contributed by atoms with Gasteiger partial charge in [0.1, 0.15) is 12.0 Å². The fourth-order valence-corrected chi connectivity index (χ4v) is 2.92. The lowest BCUT2D eigenvalue weighted by Gasteiger charge is -2.11. The molecule has 1 heterocycles. The summed E-state index contributed by atoms with van der Waals surface area (Å²) in [7, 11) is 0. The van der Waals surface area contributed by atoms with E-state index in [1.54, 1.807) is 12.1 Å². The number of hydrogen-bond acceptors (Lipinski definition) is 5. The van der Waals surface area contributed by atoms with Crippen LogP contribution in [0.2, 0.25) is 0 Å². The van der Waals surface area contributed by atoms with Gasteiger partial charge in [-0.2, -0.15) is 0 Å². The first-order chi connectivity index (χ1) is 11.6. The van der Waals surface area contributed by atoms with E-state index in [4.69, 9.17) is 9.15 Å². The number of carbonyl (C=O) groups excluding carboxylic acids is 1. The molecule has 0 aliphatic heterocycles. The van der Waals surface area contributed by atoms with Crippen LogP contribution in [0.1, 0.15) is 27.4 Å². The van der Waals surface area contributed by atoms with Gasteiger partial charge in [0, 0.05) is 10.0 Å². The van der Waals surface area contributed by atoms with Gasteiger partial charge in [-0.15, -0.1) is 10.2 Å². The number of benzene rings is 2. The van der Waals surface area contributed by atoms with Gasteiger partial charge in [0.15, 0.2) is 6.61 Å². The fraction of sp³-hybridized carbons (Fsp3) is 0.167. The van der Waals surface area contributed by atoms with Crippen molar-refractivity contribution in [3.05, 3.63) is 63.5 Å². The largest absolute Gasteiger partial charge is 0.483 e. The van der Waals surface area contributed by atoms with E-state index in [0.717, 1.165) is 33.2 Å². The van der Waals surface area contributed by atoms with Crippen molar-refractivity contribution < 1.29 is 13.9 Å². The summed E-state index contributed by atoms with van der Waals surface area (Å²) in [5, 5.41) is 8.08. The van der Waals surface area contributed by atoms with Crippen molar-refractivity contribution in [1.29, 1.82) is 0 Å². The summed E-state index contributed by atoms with van der Waals surface area (Å²) in [6.45, 7) is 3.96. The van der Waals surface area contributed by atoms with E-state index < -0.39 is 0 Å². The summed E-state index contributed by atoms with van der Waals surface area (Å²) < 4.78 is 12.4. The lowest BCUT2D eigenvalue weighted by atomic mass is 10.1. The van der Waals surface area contributed by atoms with E-state index >= 15 is 0 Å². The molecule has 0 unspecified atom stereocenters. The SMILES string of the molecule is Cc1cc(C=O)cc(C)c1OCc1nnc(-c2ccccc2Br)o1. The second-order valence-electron chi connectivity index (χ2n) is 5.37. The molecule has 0 radical (unpaired) electrons. The van der Waals surface area contributed by atoms with Crippen molar-refractivity contribution in [3.63, 3.8) is 0 Å². The molecule has 1 aromatic heterocycles.